The number of benzene rings is 1. The summed E-state index contributed by atoms with van der Waals surface area (Å²) in [6, 6.07) is 10.1. The van der Waals surface area contributed by atoms with E-state index in [9.17, 15) is 4.79 Å². The summed E-state index contributed by atoms with van der Waals surface area (Å²) >= 11 is 0. The summed E-state index contributed by atoms with van der Waals surface area (Å²) in [6.45, 7) is 6.90. The second-order valence-corrected chi connectivity index (χ2v) is 7.02. The molecular formula is C20H23N5O. The van der Waals surface area contributed by atoms with Crippen molar-refractivity contribution in [3.05, 3.63) is 59.0 Å². The zero-order valence-electron chi connectivity index (χ0n) is 15.3. The summed E-state index contributed by atoms with van der Waals surface area (Å²) in [4.78, 5) is 16.5. The van der Waals surface area contributed by atoms with Crippen LogP contribution in [0, 0.1) is 13.8 Å². The van der Waals surface area contributed by atoms with Gasteiger partial charge in [-0.05, 0) is 32.4 Å². The van der Waals surface area contributed by atoms with Crippen LogP contribution < -0.4 is 10.6 Å². The number of para-hydroxylation sites is 1. The molecule has 2 atom stereocenters. The Labute approximate surface area is 152 Å². The molecule has 0 saturated heterocycles. The first kappa shape index (κ1) is 16.7. The van der Waals surface area contributed by atoms with Crippen LogP contribution in [0.5, 0.6) is 0 Å². The molecule has 0 fully saturated rings. The van der Waals surface area contributed by atoms with E-state index in [1.165, 1.54) is 5.56 Å². The highest BCUT2D eigenvalue weighted by Gasteiger charge is 2.25. The molecule has 6 heteroatoms. The Bertz CT molecular complexity index is 977. The smallest absolute Gasteiger partial charge is 0.225 e. The third-order valence-corrected chi connectivity index (χ3v) is 5.13. The predicted molar refractivity (Wildman–Crippen MR) is 101 cm³/mol. The summed E-state index contributed by atoms with van der Waals surface area (Å²) in [5.41, 5.74) is 6.16. The third kappa shape index (κ3) is 2.97. The predicted octanol–water partition coefficient (Wildman–Crippen LogP) is 3.12. The maximum absolute atomic E-state index is 12.0. The number of rotatable bonds is 4. The normalized spacial score (nSPS) is 17.8. The molecule has 0 aliphatic carbocycles. The van der Waals surface area contributed by atoms with Crippen molar-refractivity contribution in [1.82, 2.24) is 19.9 Å². The number of aromatic nitrogens is 3. The molecule has 26 heavy (non-hydrogen) atoms. The minimum absolute atomic E-state index is 0.0782. The summed E-state index contributed by atoms with van der Waals surface area (Å²) in [5, 5.41) is 11.1. The Morgan fingerprint density at radius 2 is 2.15 bits per heavy atom. The fourth-order valence-electron chi connectivity index (χ4n) is 3.71. The van der Waals surface area contributed by atoms with Gasteiger partial charge in [0, 0.05) is 54.1 Å². The van der Waals surface area contributed by atoms with Gasteiger partial charge in [0.2, 0.25) is 5.91 Å². The lowest BCUT2D eigenvalue weighted by Crippen LogP contribution is -2.31. The van der Waals surface area contributed by atoms with Gasteiger partial charge in [-0.15, -0.1) is 0 Å². The van der Waals surface area contributed by atoms with E-state index >= 15 is 0 Å². The lowest BCUT2D eigenvalue weighted by atomic mass is 9.90. The molecule has 3 aromatic rings. The quantitative estimate of drug-likeness (QED) is 0.759. The number of nitrogens with one attached hydrogen (secondary N) is 2. The van der Waals surface area contributed by atoms with E-state index < -0.39 is 0 Å². The molecule has 134 valence electrons. The number of hydrogen-bond acceptors (Lipinski definition) is 4. The van der Waals surface area contributed by atoms with E-state index in [0.717, 1.165) is 34.8 Å². The van der Waals surface area contributed by atoms with Gasteiger partial charge in [-0.2, -0.15) is 5.10 Å². The van der Waals surface area contributed by atoms with E-state index in [1.807, 2.05) is 41.9 Å². The highest BCUT2D eigenvalue weighted by molar-refractivity contribution is 5.94. The summed E-state index contributed by atoms with van der Waals surface area (Å²) in [7, 11) is 0. The van der Waals surface area contributed by atoms with Crippen molar-refractivity contribution < 1.29 is 4.79 Å². The number of hydrogen-bond donors (Lipinski definition) is 2. The third-order valence-electron chi connectivity index (χ3n) is 5.13. The fraction of sp³-hybridized carbons (Fsp3) is 0.350. The molecule has 1 amide bonds. The number of aryl methyl sites for hydroxylation is 2. The first-order valence-corrected chi connectivity index (χ1v) is 8.97. The highest BCUT2D eigenvalue weighted by atomic mass is 16.1. The SMILES string of the molecule is Cc1cc2ncc([C@@H](C)NC[C@@H]3CC(=O)Nc4ccccc43)c(C)n2n1. The zero-order chi connectivity index (χ0) is 18.3. The van der Waals surface area contributed by atoms with Crippen molar-refractivity contribution >= 4 is 17.2 Å². The van der Waals surface area contributed by atoms with Crippen LogP contribution in [-0.4, -0.2) is 27.0 Å². The van der Waals surface area contributed by atoms with Crippen molar-refractivity contribution in [3.63, 3.8) is 0 Å². The number of fused-ring (bicyclic) bond motifs is 2. The Morgan fingerprint density at radius 3 is 3.00 bits per heavy atom. The van der Waals surface area contributed by atoms with Gasteiger partial charge in [0.15, 0.2) is 5.65 Å². The van der Waals surface area contributed by atoms with Gasteiger partial charge in [0.1, 0.15) is 0 Å². The molecule has 0 saturated carbocycles. The first-order chi connectivity index (χ1) is 12.5. The molecule has 6 nitrogen and oxygen atoms in total. The van der Waals surface area contributed by atoms with Gasteiger partial charge in [-0.1, -0.05) is 18.2 Å². The van der Waals surface area contributed by atoms with E-state index in [1.54, 1.807) is 0 Å². The lowest BCUT2D eigenvalue weighted by Gasteiger charge is -2.27. The van der Waals surface area contributed by atoms with Gasteiger partial charge >= 0.3 is 0 Å². The maximum atomic E-state index is 12.0. The largest absolute Gasteiger partial charge is 0.326 e. The molecule has 0 unspecified atom stereocenters. The number of carbonyl (C=O) groups is 1. The van der Waals surface area contributed by atoms with Crippen LogP contribution in [0.2, 0.25) is 0 Å². The van der Waals surface area contributed by atoms with Crippen LogP contribution in [0.15, 0.2) is 36.5 Å². The Balaban J connectivity index is 1.53. The monoisotopic (exact) mass is 349 g/mol. The number of nitrogens with zero attached hydrogens (tertiary/aromatic N) is 3. The minimum Gasteiger partial charge on any atom is -0.326 e. The number of anilines is 1. The van der Waals surface area contributed by atoms with Gasteiger partial charge in [0.25, 0.3) is 0 Å². The second-order valence-electron chi connectivity index (χ2n) is 7.02. The van der Waals surface area contributed by atoms with Gasteiger partial charge in [0.05, 0.1) is 5.69 Å². The van der Waals surface area contributed by atoms with Gasteiger partial charge < -0.3 is 10.6 Å². The Hall–Kier alpha value is -2.73. The molecule has 3 heterocycles. The molecule has 0 bridgehead atoms. The topological polar surface area (TPSA) is 71.3 Å². The number of amides is 1. The second kappa shape index (κ2) is 6.53. The highest BCUT2D eigenvalue weighted by Crippen LogP contribution is 2.32. The fourth-order valence-corrected chi connectivity index (χ4v) is 3.71. The molecule has 0 radical (unpaired) electrons. The molecule has 1 aromatic carbocycles. The van der Waals surface area contributed by atoms with Crippen LogP contribution in [-0.2, 0) is 4.79 Å². The molecule has 1 aliphatic rings. The summed E-state index contributed by atoms with van der Waals surface area (Å²) in [5.74, 6) is 0.251. The van der Waals surface area contributed by atoms with Gasteiger partial charge in [-0.3, -0.25) is 4.79 Å². The maximum Gasteiger partial charge on any atom is 0.225 e. The zero-order valence-corrected chi connectivity index (χ0v) is 15.3. The van der Waals surface area contributed by atoms with E-state index in [0.29, 0.717) is 6.42 Å². The first-order valence-electron chi connectivity index (χ1n) is 8.97. The Morgan fingerprint density at radius 1 is 1.35 bits per heavy atom. The van der Waals surface area contributed by atoms with Crippen LogP contribution in [0.3, 0.4) is 0 Å². The number of carbonyl (C=O) groups excluding carboxylic acids is 1. The van der Waals surface area contributed by atoms with Crippen LogP contribution in [0.1, 0.15) is 47.8 Å². The molecule has 2 N–H and O–H groups in total. The van der Waals surface area contributed by atoms with E-state index in [2.05, 4.69) is 40.6 Å². The average Bonchev–Trinajstić information content (AvgIpc) is 3.01. The van der Waals surface area contributed by atoms with Crippen LogP contribution in [0.25, 0.3) is 5.65 Å². The summed E-state index contributed by atoms with van der Waals surface area (Å²) in [6.07, 6.45) is 2.43. The van der Waals surface area contributed by atoms with E-state index in [-0.39, 0.29) is 17.9 Å². The van der Waals surface area contributed by atoms with Crippen molar-refractivity contribution in [3.8, 4) is 0 Å². The molecule has 2 aromatic heterocycles. The Kier molecular flexibility index (Phi) is 4.20. The van der Waals surface area contributed by atoms with Gasteiger partial charge in [-0.25, -0.2) is 9.50 Å². The minimum atomic E-state index is 0.0782. The molecule has 0 spiro atoms. The van der Waals surface area contributed by atoms with Crippen molar-refractivity contribution in [1.29, 1.82) is 0 Å². The van der Waals surface area contributed by atoms with E-state index in [4.69, 9.17) is 0 Å². The average molecular weight is 349 g/mol. The van der Waals surface area contributed by atoms with Crippen LogP contribution in [0.4, 0.5) is 5.69 Å². The van der Waals surface area contributed by atoms with Crippen molar-refractivity contribution in [2.75, 3.05) is 11.9 Å². The van der Waals surface area contributed by atoms with Crippen molar-refractivity contribution in [2.45, 2.75) is 39.2 Å². The summed E-state index contributed by atoms with van der Waals surface area (Å²) < 4.78 is 1.90. The standard InChI is InChI=1S/C20H23N5O/c1-12-8-19-22-11-17(14(3)25(19)24-12)13(2)21-10-15-9-20(26)23-18-7-5-4-6-16(15)18/h4-8,11,13,15,21H,9-10H2,1-3H3,(H,23,26)/t13-,15+/m1/s1. The molecule has 4 rings (SSSR count). The van der Waals surface area contributed by atoms with Crippen molar-refractivity contribution in [2.24, 2.45) is 0 Å². The lowest BCUT2D eigenvalue weighted by molar-refractivity contribution is -0.116. The molecular weight excluding hydrogens is 326 g/mol. The molecule has 1 aliphatic heterocycles. The van der Waals surface area contributed by atoms with Crippen LogP contribution >= 0.6 is 0 Å².